The molecule has 33 heavy (non-hydrogen) atoms. The topological polar surface area (TPSA) is 98.6 Å². The van der Waals surface area contributed by atoms with Gasteiger partial charge in [-0.05, 0) is 30.5 Å². The Bertz CT molecular complexity index is 1290. The lowest BCUT2D eigenvalue weighted by atomic mass is 10.2. The standard InChI is InChI=1S/C23H27N3O5S2/c1-31-15-14-25-21(16-24-23(25)32(27,28)18-19-8-4-2-5-9-19)17-26(20-12-13-20)33(29,30)22-10-6-3-7-11-22/h2-11,16,20H,12-15,17-18H2,1H3. The first-order valence-corrected chi connectivity index (χ1v) is 13.8. The summed E-state index contributed by atoms with van der Waals surface area (Å²) in [5, 5.41) is -0.0775. The van der Waals surface area contributed by atoms with E-state index in [2.05, 4.69) is 4.98 Å². The molecule has 10 heteroatoms. The molecular formula is C23H27N3O5S2. The molecule has 8 nitrogen and oxygen atoms in total. The van der Waals surface area contributed by atoms with E-state index in [1.807, 2.05) is 6.07 Å². The van der Waals surface area contributed by atoms with Crippen molar-refractivity contribution in [2.75, 3.05) is 13.7 Å². The van der Waals surface area contributed by atoms with Crippen LogP contribution in [0.3, 0.4) is 0 Å². The van der Waals surface area contributed by atoms with Gasteiger partial charge in [0, 0.05) is 19.7 Å². The second-order valence-electron chi connectivity index (χ2n) is 8.02. The van der Waals surface area contributed by atoms with Gasteiger partial charge in [-0.2, -0.15) is 4.31 Å². The van der Waals surface area contributed by atoms with E-state index >= 15 is 0 Å². The monoisotopic (exact) mass is 489 g/mol. The Kier molecular flexibility index (Phi) is 6.99. The lowest BCUT2D eigenvalue weighted by Gasteiger charge is -2.23. The van der Waals surface area contributed by atoms with Crippen LogP contribution in [0.1, 0.15) is 24.1 Å². The molecule has 0 unspecified atom stereocenters. The van der Waals surface area contributed by atoms with Crippen LogP contribution >= 0.6 is 0 Å². The Hall–Kier alpha value is -2.53. The summed E-state index contributed by atoms with van der Waals surface area (Å²) >= 11 is 0. The summed E-state index contributed by atoms with van der Waals surface area (Å²) in [4.78, 5) is 4.44. The third kappa shape index (κ3) is 5.35. The lowest BCUT2D eigenvalue weighted by molar-refractivity contribution is 0.182. The lowest BCUT2D eigenvalue weighted by Crippen LogP contribution is -2.33. The number of rotatable bonds is 11. The van der Waals surface area contributed by atoms with Crippen LogP contribution in [0, 0.1) is 0 Å². The molecule has 1 aliphatic rings. The third-order valence-corrected chi connectivity index (χ3v) is 9.03. The van der Waals surface area contributed by atoms with Crippen molar-refractivity contribution in [2.45, 2.75) is 47.8 Å². The number of aromatic nitrogens is 2. The van der Waals surface area contributed by atoms with Gasteiger partial charge in [0.05, 0.1) is 35.7 Å². The van der Waals surface area contributed by atoms with Gasteiger partial charge >= 0.3 is 0 Å². The van der Waals surface area contributed by atoms with Gasteiger partial charge in [-0.15, -0.1) is 0 Å². The number of methoxy groups -OCH3 is 1. The minimum absolute atomic E-state index is 0.0411. The van der Waals surface area contributed by atoms with E-state index in [1.165, 1.54) is 17.6 Å². The van der Waals surface area contributed by atoms with Crippen molar-refractivity contribution in [1.82, 2.24) is 13.9 Å². The van der Waals surface area contributed by atoms with Gasteiger partial charge in [0.1, 0.15) is 0 Å². The molecule has 2 aromatic carbocycles. The molecule has 1 heterocycles. The zero-order valence-corrected chi connectivity index (χ0v) is 20.0. The van der Waals surface area contributed by atoms with E-state index < -0.39 is 19.9 Å². The average Bonchev–Trinajstić information content (AvgIpc) is 3.56. The van der Waals surface area contributed by atoms with Crippen LogP contribution in [0.25, 0.3) is 0 Å². The number of benzene rings is 2. The first-order chi connectivity index (χ1) is 15.8. The average molecular weight is 490 g/mol. The van der Waals surface area contributed by atoms with Gasteiger partial charge in [0.25, 0.3) is 0 Å². The van der Waals surface area contributed by atoms with E-state index in [-0.39, 0.29) is 41.5 Å². The fourth-order valence-corrected chi connectivity index (χ4v) is 6.90. The van der Waals surface area contributed by atoms with Crippen LogP contribution < -0.4 is 0 Å². The molecule has 0 radical (unpaired) electrons. The molecule has 0 atom stereocenters. The van der Waals surface area contributed by atoms with Crippen LogP contribution in [0.2, 0.25) is 0 Å². The summed E-state index contributed by atoms with van der Waals surface area (Å²) in [6.45, 7) is 0.560. The predicted molar refractivity (Wildman–Crippen MR) is 124 cm³/mol. The maximum absolute atomic E-state index is 13.3. The van der Waals surface area contributed by atoms with Gasteiger partial charge in [-0.25, -0.2) is 21.8 Å². The zero-order chi connectivity index (χ0) is 23.5. The van der Waals surface area contributed by atoms with Crippen LogP contribution in [0.4, 0.5) is 0 Å². The van der Waals surface area contributed by atoms with Crippen molar-refractivity contribution in [2.24, 2.45) is 0 Å². The van der Waals surface area contributed by atoms with Gasteiger partial charge in [-0.3, -0.25) is 0 Å². The molecule has 0 bridgehead atoms. The molecule has 0 spiro atoms. The maximum atomic E-state index is 13.3. The second kappa shape index (κ2) is 9.76. The predicted octanol–water partition coefficient (Wildman–Crippen LogP) is 2.86. The van der Waals surface area contributed by atoms with Crippen molar-refractivity contribution < 1.29 is 21.6 Å². The molecule has 176 valence electrons. The van der Waals surface area contributed by atoms with Gasteiger partial charge in [0.15, 0.2) is 0 Å². The maximum Gasteiger partial charge on any atom is 0.243 e. The van der Waals surface area contributed by atoms with Gasteiger partial charge < -0.3 is 9.30 Å². The summed E-state index contributed by atoms with van der Waals surface area (Å²) in [5.41, 5.74) is 1.18. The molecule has 1 saturated carbocycles. The molecular weight excluding hydrogens is 462 g/mol. The molecule has 0 saturated heterocycles. The fraction of sp³-hybridized carbons (Fsp3) is 0.348. The van der Waals surface area contributed by atoms with Crippen LogP contribution in [0.15, 0.2) is 76.9 Å². The smallest absolute Gasteiger partial charge is 0.243 e. The van der Waals surface area contributed by atoms with Crippen LogP contribution in [0.5, 0.6) is 0 Å². The Morgan fingerprint density at radius 2 is 1.64 bits per heavy atom. The molecule has 1 fully saturated rings. The largest absolute Gasteiger partial charge is 0.383 e. The highest BCUT2D eigenvalue weighted by Crippen LogP contribution is 2.34. The molecule has 3 aromatic rings. The van der Waals surface area contributed by atoms with E-state index in [4.69, 9.17) is 4.74 Å². The summed E-state index contributed by atoms with van der Waals surface area (Å²) < 4.78 is 61.3. The second-order valence-corrected chi connectivity index (χ2v) is 11.8. The van der Waals surface area contributed by atoms with Crippen molar-refractivity contribution >= 4 is 19.9 Å². The highest BCUT2D eigenvalue weighted by atomic mass is 32.2. The number of hydrogen-bond donors (Lipinski definition) is 0. The summed E-state index contributed by atoms with van der Waals surface area (Å²) in [5.74, 6) is -0.189. The number of ether oxygens (including phenoxy) is 1. The third-order valence-electron chi connectivity index (χ3n) is 5.52. The number of hydrogen-bond acceptors (Lipinski definition) is 6. The minimum atomic E-state index is -3.75. The summed E-state index contributed by atoms with van der Waals surface area (Å²) in [6.07, 6.45) is 3.01. The highest BCUT2D eigenvalue weighted by molar-refractivity contribution is 7.90. The first kappa shape index (κ1) is 23.6. The van der Waals surface area contributed by atoms with Gasteiger partial charge in [0.2, 0.25) is 25.0 Å². The SMILES string of the molecule is COCCn1c(CN(C2CC2)S(=O)(=O)c2ccccc2)cnc1S(=O)(=O)Cc1ccccc1. The Balaban J connectivity index is 1.68. The highest BCUT2D eigenvalue weighted by Gasteiger charge is 2.39. The van der Waals surface area contributed by atoms with E-state index in [9.17, 15) is 16.8 Å². The normalized spacial score (nSPS) is 14.6. The Labute approximate surface area is 194 Å². The molecule has 1 aromatic heterocycles. The molecule has 4 rings (SSSR count). The van der Waals surface area contributed by atoms with Crippen LogP contribution in [-0.4, -0.2) is 50.5 Å². The number of sulfonamides is 1. The molecule has 0 amide bonds. The van der Waals surface area contributed by atoms with E-state index in [0.29, 0.717) is 11.3 Å². The number of nitrogens with zero attached hydrogens (tertiary/aromatic N) is 3. The zero-order valence-electron chi connectivity index (χ0n) is 18.4. The molecule has 0 N–H and O–H groups in total. The fourth-order valence-electron chi connectivity index (χ4n) is 3.71. The van der Waals surface area contributed by atoms with Crippen molar-refractivity contribution in [3.63, 3.8) is 0 Å². The van der Waals surface area contributed by atoms with Gasteiger partial charge in [-0.1, -0.05) is 48.5 Å². The summed E-state index contributed by atoms with van der Waals surface area (Å²) in [6, 6.07) is 17.1. The number of imidazole rings is 1. The molecule has 1 aliphatic carbocycles. The first-order valence-electron chi connectivity index (χ1n) is 10.7. The van der Waals surface area contributed by atoms with Crippen LogP contribution in [-0.2, 0) is 43.4 Å². The van der Waals surface area contributed by atoms with E-state index in [1.54, 1.807) is 59.2 Å². The van der Waals surface area contributed by atoms with Crippen molar-refractivity contribution in [3.05, 3.63) is 78.1 Å². The molecule has 0 aliphatic heterocycles. The number of sulfone groups is 1. The minimum Gasteiger partial charge on any atom is -0.383 e. The Morgan fingerprint density at radius 3 is 2.24 bits per heavy atom. The van der Waals surface area contributed by atoms with E-state index in [0.717, 1.165) is 12.8 Å². The Morgan fingerprint density at radius 1 is 1.00 bits per heavy atom. The van der Waals surface area contributed by atoms with Crippen molar-refractivity contribution in [3.8, 4) is 0 Å². The quantitative estimate of drug-likeness (QED) is 0.411. The van der Waals surface area contributed by atoms with Crippen molar-refractivity contribution in [1.29, 1.82) is 0 Å². The summed E-state index contributed by atoms with van der Waals surface area (Å²) in [7, 11) is -5.96.